The predicted molar refractivity (Wildman–Crippen MR) is 58.6 cm³/mol. The zero-order valence-electron chi connectivity index (χ0n) is 7.75. The summed E-state index contributed by atoms with van der Waals surface area (Å²) in [5, 5.41) is 6.51. The van der Waals surface area contributed by atoms with Gasteiger partial charge in [0.15, 0.2) is 0 Å². The maximum Gasteiger partial charge on any atom is 0.224 e. The number of amides is 1. The van der Waals surface area contributed by atoms with Crippen molar-refractivity contribution >= 4 is 29.9 Å². The number of rotatable bonds is 3. The first-order chi connectivity index (χ1) is 6.20. The maximum absolute atomic E-state index is 11.5. The Bertz CT molecular complexity index is 247. The van der Waals surface area contributed by atoms with Gasteiger partial charge < -0.3 is 10.6 Å². The molecular formula is C9H14Cl2N2O. The largest absolute Gasteiger partial charge is 0.351 e. The molecule has 2 aliphatic rings. The monoisotopic (exact) mass is 236 g/mol. The summed E-state index contributed by atoms with van der Waals surface area (Å²) in [6.45, 7) is 5.89. The summed E-state index contributed by atoms with van der Waals surface area (Å²) in [5.41, 5.74) is 0. The average Bonchev–Trinajstić information content (AvgIpc) is 2.56. The molecule has 1 unspecified atom stereocenters. The number of hydrogen-bond acceptors (Lipinski definition) is 2. The second-order valence-electron chi connectivity index (χ2n) is 3.75. The SMILES string of the molecule is C=C(Cl)CNC(=O)C1[C@H]2CNC[C@@H]12.Cl. The van der Waals surface area contributed by atoms with Gasteiger partial charge >= 0.3 is 0 Å². The maximum atomic E-state index is 11.5. The van der Waals surface area contributed by atoms with Crippen molar-refractivity contribution in [2.24, 2.45) is 17.8 Å². The van der Waals surface area contributed by atoms with E-state index in [0.717, 1.165) is 13.1 Å². The molecule has 1 saturated heterocycles. The topological polar surface area (TPSA) is 41.1 Å². The predicted octanol–water partition coefficient (Wildman–Crippen LogP) is 0.742. The fourth-order valence-electron chi connectivity index (χ4n) is 2.11. The van der Waals surface area contributed by atoms with Crippen molar-refractivity contribution in [2.45, 2.75) is 0 Å². The minimum atomic E-state index is 0. The summed E-state index contributed by atoms with van der Waals surface area (Å²) in [4.78, 5) is 11.5. The van der Waals surface area contributed by atoms with Crippen LogP contribution in [0.2, 0.25) is 0 Å². The highest BCUT2D eigenvalue weighted by molar-refractivity contribution is 6.29. The number of carbonyl (C=O) groups excluding carboxylic acids is 1. The van der Waals surface area contributed by atoms with Crippen LogP contribution in [0, 0.1) is 17.8 Å². The van der Waals surface area contributed by atoms with Gasteiger partial charge in [-0.05, 0) is 24.9 Å². The normalized spacial score (nSPS) is 32.8. The van der Waals surface area contributed by atoms with Crippen LogP contribution in [0.1, 0.15) is 0 Å². The van der Waals surface area contributed by atoms with E-state index in [1.54, 1.807) is 0 Å². The number of fused-ring (bicyclic) bond motifs is 1. The van der Waals surface area contributed by atoms with Gasteiger partial charge in [-0.3, -0.25) is 4.79 Å². The molecule has 1 heterocycles. The van der Waals surface area contributed by atoms with E-state index in [4.69, 9.17) is 11.6 Å². The Morgan fingerprint density at radius 2 is 2.07 bits per heavy atom. The second kappa shape index (κ2) is 4.51. The average molecular weight is 237 g/mol. The quantitative estimate of drug-likeness (QED) is 0.760. The molecule has 0 aromatic carbocycles. The molecule has 2 rings (SSSR count). The lowest BCUT2D eigenvalue weighted by molar-refractivity contribution is -0.122. The Hall–Kier alpha value is -0.250. The van der Waals surface area contributed by atoms with Crippen molar-refractivity contribution in [3.63, 3.8) is 0 Å². The van der Waals surface area contributed by atoms with Crippen molar-refractivity contribution in [1.29, 1.82) is 0 Å². The van der Waals surface area contributed by atoms with Crippen molar-refractivity contribution in [3.05, 3.63) is 11.6 Å². The van der Waals surface area contributed by atoms with Gasteiger partial charge in [0.1, 0.15) is 0 Å². The Labute approximate surface area is 94.7 Å². The summed E-state index contributed by atoms with van der Waals surface area (Å²) in [5.74, 6) is 1.52. The van der Waals surface area contributed by atoms with Crippen LogP contribution in [-0.4, -0.2) is 25.5 Å². The van der Waals surface area contributed by atoms with Crippen LogP contribution in [0.5, 0.6) is 0 Å². The fourth-order valence-corrected chi connectivity index (χ4v) is 2.17. The van der Waals surface area contributed by atoms with E-state index in [-0.39, 0.29) is 24.2 Å². The van der Waals surface area contributed by atoms with E-state index in [9.17, 15) is 4.79 Å². The zero-order chi connectivity index (χ0) is 9.42. The van der Waals surface area contributed by atoms with Crippen LogP contribution in [0.4, 0.5) is 0 Å². The van der Waals surface area contributed by atoms with Gasteiger partial charge in [-0.1, -0.05) is 18.2 Å². The lowest BCUT2D eigenvalue weighted by Crippen LogP contribution is -2.30. The number of nitrogens with one attached hydrogen (secondary N) is 2. The Morgan fingerprint density at radius 1 is 1.50 bits per heavy atom. The molecular weight excluding hydrogens is 223 g/mol. The smallest absolute Gasteiger partial charge is 0.224 e. The first kappa shape index (κ1) is 11.8. The highest BCUT2D eigenvalue weighted by Crippen LogP contribution is 2.48. The summed E-state index contributed by atoms with van der Waals surface area (Å²) >= 11 is 5.55. The van der Waals surface area contributed by atoms with Gasteiger partial charge in [0, 0.05) is 11.0 Å². The van der Waals surface area contributed by atoms with Crippen LogP contribution >= 0.6 is 24.0 Å². The lowest BCUT2D eigenvalue weighted by atomic mass is 10.2. The van der Waals surface area contributed by atoms with E-state index < -0.39 is 0 Å². The molecule has 1 saturated carbocycles. The number of carbonyl (C=O) groups is 1. The molecule has 5 heteroatoms. The molecule has 0 aromatic rings. The number of hydrogen-bond donors (Lipinski definition) is 2. The highest BCUT2D eigenvalue weighted by Gasteiger charge is 2.56. The molecule has 2 fully saturated rings. The van der Waals surface area contributed by atoms with Gasteiger partial charge in [0.05, 0.1) is 6.54 Å². The summed E-state index contributed by atoms with van der Waals surface area (Å²) < 4.78 is 0. The molecule has 1 aliphatic carbocycles. The third-order valence-corrected chi connectivity index (χ3v) is 2.98. The molecule has 0 spiro atoms. The van der Waals surface area contributed by atoms with Crippen LogP contribution in [-0.2, 0) is 4.79 Å². The summed E-state index contributed by atoms with van der Waals surface area (Å²) in [7, 11) is 0. The molecule has 1 amide bonds. The van der Waals surface area contributed by atoms with Gasteiger partial charge in [-0.15, -0.1) is 12.4 Å². The van der Waals surface area contributed by atoms with Gasteiger partial charge in [0.25, 0.3) is 0 Å². The van der Waals surface area contributed by atoms with E-state index in [2.05, 4.69) is 17.2 Å². The van der Waals surface area contributed by atoms with E-state index in [0.29, 0.717) is 23.4 Å². The molecule has 0 aromatic heterocycles. The molecule has 3 atom stereocenters. The van der Waals surface area contributed by atoms with Crippen molar-refractivity contribution in [1.82, 2.24) is 10.6 Å². The number of halogens is 2. The zero-order valence-corrected chi connectivity index (χ0v) is 9.33. The second-order valence-corrected chi connectivity index (χ2v) is 4.28. The molecule has 0 bridgehead atoms. The molecule has 3 nitrogen and oxygen atoms in total. The number of piperidine rings is 1. The first-order valence-corrected chi connectivity index (χ1v) is 4.89. The molecule has 0 radical (unpaired) electrons. The highest BCUT2D eigenvalue weighted by atomic mass is 35.5. The van der Waals surface area contributed by atoms with Crippen molar-refractivity contribution < 1.29 is 4.79 Å². The van der Waals surface area contributed by atoms with Crippen LogP contribution in [0.3, 0.4) is 0 Å². The van der Waals surface area contributed by atoms with Crippen molar-refractivity contribution in [2.75, 3.05) is 19.6 Å². The Kier molecular flexibility index (Phi) is 3.81. The molecule has 2 N–H and O–H groups in total. The first-order valence-electron chi connectivity index (χ1n) is 4.52. The third kappa shape index (κ3) is 2.22. The molecule has 14 heavy (non-hydrogen) atoms. The fraction of sp³-hybridized carbons (Fsp3) is 0.667. The third-order valence-electron chi connectivity index (χ3n) is 2.85. The van der Waals surface area contributed by atoms with Crippen LogP contribution in [0.25, 0.3) is 0 Å². The van der Waals surface area contributed by atoms with E-state index in [1.807, 2.05) is 0 Å². The Balaban J connectivity index is 0.000000980. The van der Waals surface area contributed by atoms with Crippen LogP contribution < -0.4 is 10.6 Å². The summed E-state index contributed by atoms with van der Waals surface area (Å²) in [6, 6.07) is 0. The Morgan fingerprint density at radius 3 is 2.57 bits per heavy atom. The van der Waals surface area contributed by atoms with E-state index >= 15 is 0 Å². The van der Waals surface area contributed by atoms with Gasteiger partial charge in [-0.25, -0.2) is 0 Å². The molecule has 80 valence electrons. The van der Waals surface area contributed by atoms with Gasteiger partial charge in [0.2, 0.25) is 5.91 Å². The minimum absolute atomic E-state index is 0. The van der Waals surface area contributed by atoms with E-state index in [1.165, 1.54) is 0 Å². The minimum Gasteiger partial charge on any atom is -0.351 e. The van der Waals surface area contributed by atoms with Gasteiger partial charge in [-0.2, -0.15) is 0 Å². The molecule has 1 aliphatic heterocycles. The standard InChI is InChI=1S/C9H13ClN2O.ClH/c1-5(10)2-12-9(13)8-6-3-11-4-7(6)8;/h6-8,11H,1-4H2,(H,12,13);1H/t6-,7+,8?;. The lowest BCUT2D eigenvalue weighted by Gasteiger charge is -2.05. The van der Waals surface area contributed by atoms with Crippen LogP contribution in [0.15, 0.2) is 11.6 Å². The van der Waals surface area contributed by atoms with Crippen molar-refractivity contribution in [3.8, 4) is 0 Å². The summed E-state index contributed by atoms with van der Waals surface area (Å²) in [6.07, 6.45) is 0.